The fourth-order valence-electron chi connectivity index (χ4n) is 3.08. The first kappa shape index (κ1) is 17.4. The summed E-state index contributed by atoms with van der Waals surface area (Å²) in [7, 11) is 1.87. The van der Waals surface area contributed by atoms with Crippen molar-refractivity contribution in [3.05, 3.63) is 0 Å². The van der Waals surface area contributed by atoms with Crippen molar-refractivity contribution >= 4 is 5.91 Å². The fourth-order valence-corrected chi connectivity index (χ4v) is 3.08. The molecule has 118 valence electrons. The van der Waals surface area contributed by atoms with Crippen LogP contribution < -0.4 is 5.32 Å². The summed E-state index contributed by atoms with van der Waals surface area (Å²) in [5.74, 6) is 0.896. The van der Waals surface area contributed by atoms with E-state index in [1.807, 2.05) is 20.9 Å². The Morgan fingerprint density at radius 2 is 1.90 bits per heavy atom. The van der Waals surface area contributed by atoms with E-state index in [1.165, 1.54) is 38.9 Å². The molecule has 1 heterocycles. The third-order valence-electron chi connectivity index (χ3n) is 4.61. The summed E-state index contributed by atoms with van der Waals surface area (Å²) in [5, 5.41) is 3.50. The zero-order chi connectivity index (χ0) is 15.1. The molecule has 0 saturated carbocycles. The van der Waals surface area contributed by atoms with Crippen LogP contribution in [0.2, 0.25) is 0 Å². The van der Waals surface area contributed by atoms with Crippen molar-refractivity contribution in [1.82, 2.24) is 15.1 Å². The molecular weight excluding hydrogens is 250 g/mol. The second-order valence-electron chi connectivity index (χ2n) is 6.21. The first-order chi connectivity index (χ1) is 9.49. The Labute approximate surface area is 124 Å². The molecule has 2 atom stereocenters. The minimum atomic E-state index is -0.0800. The largest absolute Gasteiger partial charge is 0.345 e. The number of carbonyl (C=O) groups is 1. The topological polar surface area (TPSA) is 35.6 Å². The molecule has 1 N–H and O–H groups in total. The second kappa shape index (κ2) is 8.63. The molecule has 4 nitrogen and oxygen atoms in total. The fraction of sp³-hybridized carbons (Fsp3) is 0.938. The lowest BCUT2D eigenvalue weighted by molar-refractivity contribution is -0.131. The van der Waals surface area contributed by atoms with Crippen molar-refractivity contribution in [2.24, 2.45) is 5.92 Å². The maximum Gasteiger partial charge on any atom is 0.239 e. The minimum Gasteiger partial charge on any atom is -0.345 e. The van der Waals surface area contributed by atoms with Crippen molar-refractivity contribution in [1.29, 1.82) is 0 Å². The van der Waals surface area contributed by atoms with E-state index in [4.69, 9.17) is 0 Å². The molecule has 0 spiro atoms. The van der Waals surface area contributed by atoms with Crippen LogP contribution in [-0.2, 0) is 4.79 Å². The summed E-state index contributed by atoms with van der Waals surface area (Å²) < 4.78 is 0. The number of amides is 1. The van der Waals surface area contributed by atoms with Crippen molar-refractivity contribution < 1.29 is 4.79 Å². The molecule has 1 aliphatic heterocycles. The Bertz CT molecular complexity index is 287. The molecule has 1 aliphatic rings. The highest BCUT2D eigenvalue weighted by atomic mass is 16.2. The van der Waals surface area contributed by atoms with Crippen molar-refractivity contribution in [3.8, 4) is 0 Å². The van der Waals surface area contributed by atoms with Crippen molar-refractivity contribution in [2.75, 3.05) is 33.2 Å². The van der Waals surface area contributed by atoms with E-state index in [0.717, 1.165) is 6.54 Å². The lowest BCUT2D eigenvalue weighted by Crippen LogP contribution is -2.50. The molecule has 1 amide bonds. The third kappa shape index (κ3) is 5.06. The normalized spacial score (nSPS) is 20.6. The van der Waals surface area contributed by atoms with Crippen LogP contribution in [0, 0.1) is 5.92 Å². The molecule has 4 heteroatoms. The summed E-state index contributed by atoms with van der Waals surface area (Å²) >= 11 is 0. The van der Waals surface area contributed by atoms with Gasteiger partial charge in [-0.25, -0.2) is 0 Å². The van der Waals surface area contributed by atoms with Gasteiger partial charge in [0.1, 0.15) is 0 Å². The number of nitrogens with zero attached hydrogens (tertiary/aromatic N) is 2. The number of nitrogens with one attached hydrogen (secondary N) is 1. The Morgan fingerprint density at radius 3 is 2.40 bits per heavy atom. The van der Waals surface area contributed by atoms with Crippen LogP contribution in [0.4, 0.5) is 0 Å². The molecule has 1 saturated heterocycles. The Morgan fingerprint density at radius 1 is 1.30 bits per heavy atom. The predicted molar refractivity (Wildman–Crippen MR) is 84.8 cm³/mol. The highest BCUT2D eigenvalue weighted by Gasteiger charge is 2.26. The van der Waals surface area contributed by atoms with Gasteiger partial charge in [-0.2, -0.15) is 0 Å². The summed E-state index contributed by atoms with van der Waals surface area (Å²) in [4.78, 5) is 16.4. The van der Waals surface area contributed by atoms with E-state index in [9.17, 15) is 4.79 Å². The summed E-state index contributed by atoms with van der Waals surface area (Å²) in [5.41, 5.74) is 0. The lowest BCUT2D eigenvalue weighted by Gasteiger charge is -2.36. The van der Waals surface area contributed by atoms with Crippen LogP contribution in [0.5, 0.6) is 0 Å². The van der Waals surface area contributed by atoms with E-state index in [1.54, 1.807) is 4.90 Å². The first-order valence-corrected chi connectivity index (χ1v) is 8.22. The lowest BCUT2D eigenvalue weighted by atomic mass is 9.90. The Hall–Kier alpha value is -0.610. The van der Waals surface area contributed by atoms with Gasteiger partial charge in [0.2, 0.25) is 5.91 Å². The van der Waals surface area contributed by atoms with Gasteiger partial charge >= 0.3 is 0 Å². The molecule has 1 fully saturated rings. The van der Waals surface area contributed by atoms with Crippen LogP contribution >= 0.6 is 0 Å². The van der Waals surface area contributed by atoms with Crippen LogP contribution in [0.25, 0.3) is 0 Å². The molecule has 0 aromatic heterocycles. The van der Waals surface area contributed by atoms with Crippen LogP contribution in [0.1, 0.15) is 47.0 Å². The molecule has 2 unspecified atom stereocenters. The van der Waals surface area contributed by atoms with Gasteiger partial charge in [-0.3, -0.25) is 4.79 Å². The SMILES string of the molecule is CCCN1CCC(C(C)NC(C)C(=O)N(C)CC)CC1. The maximum atomic E-state index is 12.1. The van der Waals surface area contributed by atoms with Gasteiger partial charge < -0.3 is 15.1 Å². The van der Waals surface area contributed by atoms with Crippen LogP contribution in [0.3, 0.4) is 0 Å². The molecule has 0 bridgehead atoms. The monoisotopic (exact) mass is 283 g/mol. The average Bonchev–Trinajstić information content (AvgIpc) is 2.46. The quantitative estimate of drug-likeness (QED) is 0.776. The molecule has 0 radical (unpaired) electrons. The minimum absolute atomic E-state index is 0.0800. The number of hydrogen-bond donors (Lipinski definition) is 1. The number of carbonyl (C=O) groups excluding carboxylic acids is 1. The number of likely N-dealkylation sites (N-methyl/N-ethyl adjacent to an activating group) is 1. The number of hydrogen-bond acceptors (Lipinski definition) is 3. The molecule has 1 rings (SSSR count). The van der Waals surface area contributed by atoms with Gasteiger partial charge in [0.05, 0.1) is 6.04 Å². The standard InChI is InChI=1S/C16H33N3O/c1-6-10-19-11-8-15(9-12-19)13(3)17-14(4)16(20)18(5)7-2/h13-15,17H,6-12H2,1-5H3. The summed E-state index contributed by atoms with van der Waals surface area (Å²) in [6.07, 6.45) is 3.74. The third-order valence-corrected chi connectivity index (χ3v) is 4.61. The molecular formula is C16H33N3O. The van der Waals surface area contributed by atoms with Gasteiger partial charge in [-0.15, -0.1) is 0 Å². The summed E-state index contributed by atoms with van der Waals surface area (Å²) in [6.45, 7) is 12.9. The number of piperidine rings is 1. The smallest absolute Gasteiger partial charge is 0.239 e. The number of likely N-dealkylation sites (tertiary alicyclic amines) is 1. The highest BCUT2D eigenvalue weighted by Crippen LogP contribution is 2.21. The first-order valence-electron chi connectivity index (χ1n) is 8.22. The average molecular weight is 283 g/mol. The second-order valence-corrected chi connectivity index (χ2v) is 6.21. The highest BCUT2D eigenvalue weighted by molar-refractivity contribution is 5.81. The molecule has 20 heavy (non-hydrogen) atoms. The van der Waals surface area contributed by atoms with Crippen LogP contribution in [-0.4, -0.2) is 61.0 Å². The van der Waals surface area contributed by atoms with Gasteiger partial charge in [0.15, 0.2) is 0 Å². The van der Waals surface area contributed by atoms with Crippen molar-refractivity contribution in [2.45, 2.75) is 59.0 Å². The van der Waals surface area contributed by atoms with Gasteiger partial charge in [-0.05, 0) is 65.6 Å². The Balaban J connectivity index is 2.36. The molecule has 0 aliphatic carbocycles. The van der Waals surface area contributed by atoms with Crippen LogP contribution in [0.15, 0.2) is 0 Å². The van der Waals surface area contributed by atoms with E-state index in [0.29, 0.717) is 12.0 Å². The maximum absolute atomic E-state index is 12.1. The zero-order valence-electron chi connectivity index (χ0n) is 14.0. The van der Waals surface area contributed by atoms with Crippen molar-refractivity contribution in [3.63, 3.8) is 0 Å². The number of rotatable bonds is 7. The van der Waals surface area contributed by atoms with E-state index in [-0.39, 0.29) is 11.9 Å². The van der Waals surface area contributed by atoms with Gasteiger partial charge in [0, 0.05) is 19.6 Å². The summed E-state index contributed by atoms with van der Waals surface area (Å²) in [6, 6.07) is 0.339. The van der Waals surface area contributed by atoms with E-state index < -0.39 is 0 Å². The molecule has 0 aromatic carbocycles. The van der Waals surface area contributed by atoms with E-state index in [2.05, 4.69) is 24.1 Å². The van der Waals surface area contributed by atoms with Gasteiger partial charge in [0.25, 0.3) is 0 Å². The van der Waals surface area contributed by atoms with Gasteiger partial charge in [-0.1, -0.05) is 6.92 Å². The predicted octanol–water partition coefficient (Wildman–Crippen LogP) is 1.95. The van der Waals surface area contributed by atoms with E-state index >= 15 is 0 Å². The zero-order valence-corrected chi connectivity index (χ0v) is 14.0. The Kier molecular flexibility index (Phi) is 7.52. The molecule has 0 aromatic rings.